The number of carbonyl (C=O) groups is 1. The van der Waals surface area contributed by atoms with E-state index in [0.29, 0.717) is 6.42 Å². The summed E-state index contributed by atoms with van der Waals surface area (Å²) in [6, 6.07) is 18.2. The molecule has 1 atom stereocenters. The van der Waals surface area contributed by atoms with Gasteiger partial charge in [-0.3, -0.25) is 4.79 Å². The van der Waals surface area contributed by atoms with Gasteiger partial charge in [-0.05, 0) is 37.0 Å². The molecular weight excluding hydrogens is 310 g/mol. The molecule has 2 aromatic carbocycles. The molecule has 0 spiro atoms. The zero-order valence-electron chi connectivity index (χ0n) is 14.3. The number of fused-ring (bicyclic) bond motifs is 1. The zero-order chi connectivity index (χ0) is 17.3. The van der Waals surface area contributed by atoms with Gasteiger partial charge >= 0.3 is 0 Å². The molecule has 1 amide bonds. The highest BCUT2D eigenvalue weighted by molar-refractivity contribution is 6.02. The van der Waals surface area contributed by atoms with Crippen LogP contribution in [-0.4, -0.2) is 15.5 Å². The predicted molar refractivity (Wildman–Crippen MR) is 98.5 cm³/mol. The molecule has 1 aliphatic rings. The summed E-state index contributed by atoms with van der Waals surface area (Å²) in [5.41, 5.74) is 2.62. The van der Waals surface area contributed by atoms with Crippen LogP contribution in [0, 0.1) is 6.92 Å². The number of hydrogen-bond acceptors (Lipinski definition) is 2. The highest BCUT2D eigenvalue weighted by Crippen LogP contribution is 2.39. The van der Waals surface area contributed by atoms with Crippen LogP contribution in [0.3, 0.4) is 0 Å². The van der Waals surface area contributed by atoms with Gasteiger partial charge < -0.3 is 9.88 Å². The number of benzene rings is 2. The smallest absolute Gasteiger partial charge is 0.235 e. The van der Waals surface area contributed by atoms with E-state index >= 15 is 0 Å². The fourth-order valence-electron chi connectivity index (χ4n) is 3.73. The van der Waals surface area contributed by atoms with Crippen molar-refractivity contribution in [3.8, 4) is 0 Å². The van der Waals surface area contributed by atoms with Crippen LogP contribution in [0.2, 0.25) is 0 Å². The number of hydrogen-bond donors (Lipinski definition) is 1. The van der Waals surface area contributed by atoms with Crippen molar-refractivity contribution < 1.29 is 4.79 Å². The summed E-state index contributed by atoms with van der Waals surface area (Å²) in [5, 5.41) is 3.13. The Kier molecular flexibility index (Phi) is 3.88. The van der Waals surface area contributed by atoms with Crippen LogP contribution in [0.1, 0.15) is 23.4 Å². The van der Waals surface area contributed by atoms with E-state index in [1.54, 1.807) is 6.20 Å². The summed E-state index contributed by atoms with van der Waals surface area (Å²) in [5.74, 6) is 1.05. The Balaban J connectivity index is 1.75. The summed E-state index contributed by atoms with van der Waals surface area (Å²) >= 11 is 0. The maximum Gasteiger partial charge on any atom is 0.235 e. The number of amides is 1. The Bertz CT molecular complexity index is 900. The standard InChI is InChI=1S/C21H21N3O/c1-16-22-12-14-24(16)13-11-21(18-8-3-2-4-9-18)15-17-7-5-6-10-19(17)23-20(21)25/h2-10,12,14H,11,13,15H2,1H3,(H,23,25). The van der Waals surface area contributed by atoms with E-state index in [9.17, 15) is 4.79 Å². The monoisotopic (exact) mass is 331 g/mol. The number of anilines is 1. The van der Waals surface area contributed by atoms with E-state index in [0.717, 1.165) is 30.0 Å². The summed E-state index contributed by atoms with van der Waals surface area (Å²) in [7, 11) is 0. The van der Waals surface area contributed by atoms with Crippen molar-refractivity contribution >= 4 is 11.6 Å². The normalized spacial score (nSPS) is 19.3. The SMILES string of the molecule is Cc1nccn1CCC1(c2ccccc2)Cc2ccccc2NC1=O. The second-order valence-corrected chi connectivity index (χ2v) is 6.65. The topological polar surface area (TPSA) is 46.9 Å². The molecule has 126 valence electrons. The van der Waals surface area contributed by atoms with E-state index < -0.39 is 5.41 Å². The lowest BCUT2D eigenvalue weighted by Crippen LogP contribution is -2.46. The van der Waals surface area contributed by atoms with E-state index in [-0.39, 0.29) is 5.91 Å². The molecule has 0 radical (unpaired) electrons. The molecule has 3 aromatic rings. The third-order valence-electron chi connectivity index (χ3n) is 5.22. The van der Waals surface area contributed by atoms with Gasteiger partial charge in [0.25, 0.3) is 0 Å². The van der Waals surface area contributed by atoms with Gasteiger partial charge in [0.05, 0.1) is 5.41 Å². The van der Waals surface area contributed by atoms with Gasteiger partial charge in [0.2, 0.25) is 5.91 Å². The molecule has 0 bridgehead atoms. The van der Waals surface area contributed by atoms with E-state index in [1.165, 1.54) is 5.56 Å². The number of aryl methyl sites for hydroxylation is 2. The average molecular weight is 331 g/mol. The van der Waals surface area contributed by atoms with Crippen molar-refractivity contribution in [1.82, 2.24) is 9.55 Å². The lowest BCUT2D eigenvalue weighted by Gasteiger charge is -2.38. The second-order valence-electron chi connectivity index (χ2n) is 6.65. The summed E-state index contributed by atoms with van der Waals surface area (Å²) in [6.45, 7) is 2.75. The molecule has 0 aliphatic carbocycles. The Hall–Kier alpha value is -2.88. The van der Waals surface area contributed by atoms with Crippen molar-refractivity contribution in [3.05, 3.63) is 83.9 Å². The van der Waals surface area contributed by atoms with Gasteiger partial charge in [0.15, 0.2) is 0 Å². The van der Waals surface area contributed by atoms with E-state index in [2.05, 4.69) is 33.1 Å². The van der Waals surface area contributed by atoms with Crippen LogP contribution in [0.5, 0.6) is 0 Å². The minimum Gasteiger partial charge on any atom is -0.335 e. The minimum absolute atomic E-state index is 0.0789. The molecule has 25 heavy (non-hydrogen) atoms. The summed E-state index contributed by atoms with van der Waals surface area (Å²) in [4.78, 5) is 17.5. The van der Waals surface area contributed by atoms with Crippen LogP contribution in [0.25, 0.3) is 0 Å². The summed E-state index contributed by atoms with van der Waals surface area (Å²) in [6.07, 6.45) is 5.23. The molecule has 4 nitrogen and oxygen atoms in total. The molecule has 4 rings (SSSR count). The number of carbonyl (C=O) groups excluding carboxylic acids is 1. The van der Waals surface area contributed by atoms with Crippen LogP contribution < -0.4 is 5.32 Å². The Labute approximate surface area is 147 Å². The molecule has 0 saturated carbocycles. The molecule has 1 unspecified atom stereocenters. The van der Waals surface area contributed by atoms with Crippen molar-refractivity contribution in [2.45, 2.75) is 31.7 Å². The Morgan fingerprint density at radius 3 is 2.64 bits per heavy atom. The second kappa shape index (κ2) is 6.20. The fourth-order valence-corrected chi connectivity index (χ4v) is 3.73. The average Bonchev–Trinajstić information content (AvgIpc) is 3.06. The third kappa shape index (κ3) is 2.74. The highest BCUT2D eigenvalue weighted by atomic mass is 16.2. The Morgan fingerprint density at radius 2 is 1.88 bits per heavy atom. The van der Waals surface area contributed by atoms with Crippen molar-refractivity contribution in [1.29, 1.82) is 0 Å². The number of imidazole rings is 1. The first-order chi connectivity index (χ1) is 12.2. The van der Waals surface area contributed by atoms with Gasteiger partial charge in [0, 0.05) is 24.6 Å². The quantitative estimate of drug-likeness (QED) is 0.792. The minimum atomic E-state index is -0.563. The first-order valence-electron chi connectivity index (χ1n) is 8.62. The lowest BCUT2D eigenvalue weighted by atomic mass is 9.70. The van der Waals surface area contributed by atoms with E-state index in [1.807, 2.05) is 49.5 Å². The highest BCUT2D eigenvalue weighted by Gasteiger charge is 2.43. The van der Waals surface area contributed by atoms with Crippen LogP contribution in [0.4, 0.5) is 5.69 Å². The molecule has 0 fully saturated rings. The predicted octanol–water partition coefficient (Wildman–Crippen LogP) is 3.71. The van der Waals surface area contributed by atoms with Crippen LogP contribution in [-0.2, 0) is 23.2 Å². The number of nitrogens with zero attached hydrogens (tertiary/aromatic N) is 2. The lowest BCUT2D eigenvalue weighted by molar-refractivity contribution is -0.122. The van der Waals surface area contributed by atoms with Crippen LogP contribution >= 0.6 is 0 Å². The first-order valence-corrected chi connectivity index (χ1v) is 8.62. The Morgan fingerprint density at radius 1 is 1.12 bits per heavy atom. The molecule has 1 aromatic heterocycles. The molecule has 4 heteroatoms. The summed E-state index contributed by atoms with van der Waals surface area (Å²) < 4.78 is 2.11. The first kappa shape index (κ1) is 15.6. The van der Waals surface area contributed by atoms with Gasteiger partial charge in [-0.15, -0.1) is 0 Å². The molecular formula is C21H21N3O. The maximum absolute atomic E-state index is 13.2. The fraction of sp³-hybridized carbons (Fsp3) is 0.238. The molecule has 1 N–H and O–H groups in total. The zero-order valence-corrected chi connectivity index (χ0v) is 14.3. The van der Waals surface area contributed by atoms with Crippen LogP contribution in [0.15, 0.2) is 67.0 Å². The van der Waals surface area contributed by atoms with Crippen molar-refractivity contribution in [3.63, 3.8) is 0 Å². The van der Waals surface area contributed by atoms with Gasteiger partial charge in [-0.25, -0.2) is 4.98 Å². The van der Waals surface area contributed by atoms with Crippen molar-refractivity contribution in [2.24, 2.45) is 0 Å². The van der Waals surface area contributed by atoms with Gasteiger partial charge in [-0.1, -0.05) is 48.5 Å². The van der Waals surface area contributed by atoms with Gasteiger partial charge in [0.1, 0.15) is 5.82 Å². The largest absolute Gasteiger partial charge is 0.335 e. The molecule has 0 saturated heterocycles. The number of rotatable bonds is 4. The number of aromatic nitrogens is 2. The maximum atomic E-state index is 13.2. The van der Waals surface area contributed by atoms with Crippen molar-refractivity contribution in [2.75, 3.05) is 5.32 Å². The van der Waals surface area contributed by atoms with Gasteiger partial charge in [-0.2, -0.15) is 0 Å². The third-order valence-corrected chi connectivity index (χ3v) is 5.22. The molecule has 2 heterocycles. The molecule has 1 aliphatic heterocycles. The number of para-hydroxylation sites is 1. The van der Waals surface area contributed by atoms with E-state index in [4.69, 9.17) is 0 Å². The number of nitrogens with one attached hydrogen (secondary N) is 1.